The molecule has 0 amide bonds. The second-order valence-electron chi connectivity index (χ2n) is 3.59. The molecule has 0 aliphatic heterocycles. The molecule has 0 spiro atoms. The number of hydrogen-bond acceptors (Lipinski definition) is 5. The van der Waals surface area contributed by atoms with Crippen LogP contribution in [0.5, 0.6) is 5.75 Å². The number of hydrogen-bond donors (Lipinski definition) is 1. The summed E-state index contributed by atoms with van der Waals surface area (Å²) in [5.74, 6) is 0.194. The second-order valence-corrected chi connectivity index (χ2v) is 3.59. The molecular weight excluding hydrogens is 236 g/mol. The van der Waals surface area contributed by atoms with Gasteiger partial charge in [-0.3, -0.25) is 4.79 Å². The predicted octanol–water partition coefficient (Wildman–Crippen LogP) is 1.76. The van der Waals surface area contributed by atoms with E-state index >= 15 is 0 Å². The minimum Gasteiger partial charge on any atom is -0.508 e. The van der Waals surface area contributed by atoms with E-state index in [1.165, 1.54) is 24.5 Å². The predicted molar refractivity (Wildman–Crippen MR) is 63.1 cm³/mol. The number of furan rings is 1. The van der Waals surface area contributed by atoms with E-state index in [-0.39, 0.29) is 23.7 Å². The number of ketones is 1. The Hall–Kier alpha value is -2.56. The molecular formula is C13H10O5. The van der Waals surface area contributed by atoms with E-state index in [2.05, 4.69) is 0 Å². The fourth-order valence-corrected chi connectivity index (χ4v) is 1.39. The van der Waals surface area contributed by atoms with Crippen molar-refractivity contribution < 1.29 is 18.7 Å². The summed E-state index contributed by atoms with van der Waals surface area (Å²) in [4.78, 5) is 22.5. The summed E-state index contributed by atoms with van der Waals surface area (Å²) in [6.07, 6.45) is 4.24. The third-order valence-corrected chi connectivity index (χ3v) is 2.13. The van der Waals surface area contributed by atoms with Crippen molar-refractivity contribution in [1.29, 1.82) is 0 Å². The molecule has 0 unspecified atom stereocenters. The normalized spacial score (nSPS) is 10.9. The van der Waals surface area contributed by atoms with E-state index in [1.807, 2.05) is 0 Å². The number of rotatable bonds is 4. The summed E-state index contributed by atoms with van der Waals surface area (Å²) in [6.45, 7) is 0. The molecule has 0 aliphatic rings. The fourth-order valence-electron chi connectivity index (χ4n) is 1.39. The second kappa shape index (κ2) is 5.18. The third-order valence-electron chi connectivity index (χ3n) is 2.13. The summed E-state index contributed by atoms with van der Waals surface area (Å²) in [6, 6.07) is 5.59. The summed E-state index contributed by atoms with van der Waals surface area (Å²) < 4.78 is 9.79. The van der Waals surface area contributed by atoms with Crippen LogP contribution < -0.4 is 5.63 Å². The highest BCUT2D eigenvalue weighted by molar-refractivity contribution is 5.94. The Morgan fingerprint density at radius 3 is 2.89 bits per heavy atom. The van der Waals surface area contributed by atoms with Crippen LogP contribution in [-0.2, 0) is 11.2 Å². The largest absolute Gasteiger partial charge is 0.508 e. The highest BCUT2D eigenvalue weighted by Crippen LogP contribution is 2.09. The highest BCUT2D eigenvalue weighted by atomic mass is 16.4. The summed E-state index contributed by atoms with van der Waals surface area (Å²) in [5, 5.41) is 9.18. The molecule has 2 rings (SSSR count). The Balaban J connectivity index is 2.05. The van der Waals surface area contributed by atoms with Gasteiger partial charge in [0.05, 0.1) is 18.8 Å². The lowest BCUT2D eigenvalue weighted by Crippen LogP contribution is -2.03. The lowest BCUT2D eigenvalue weighted by Gasteiger charge is -1.96. The molecule has 0 saturated heterocycles. The SMILES string of the molecule is O=C(/C=C/c1ccco1)Cc1cc(O)cc(=O)o1. The maximum absolute atomic E-state index is 11.6. The number of allylic oxidation sites excluding steroid dienone is 1. The van der Waals surface area contributed by atoms with Crippen LogP contribution in [0, 0.1) is 0 Å². The zero-order valence-electron chi connectivity index (χ0n) is 9.33. The Morgan fingerprint density at radius 1 is 1.39 bits per heavy atom. The van der Waals surface area contributed by atoms with E-state index in [9.17, 15) is 14.7 Å². The molecule has 0 fully saturated rings. The standard InChI is InChI=1S/C13H10O5/c14-9(3-4-11-2-1-5-17-11)6-12-7-10(15)8-13(16)18-12/h1-5,7-8,15H,6H2/b4-3+. The average Bonchev–Trinajstić information content (AvgIpc) is 2.77. The van der Waals surface area contributed by atoms with Crippen molar-refractivity contribution in [3.8, 4) is 5.75 Å². The van der Waals surface area contributed by atoms with Crippen LogP contribution in [-0.4, -0.2) is 10.9 Å². The molecule has 1 N–H and O–H groups in total. The van der Waals surface area contributed by atoms with Gasteiger partial charge >= 0.3 is 5.63 Å². The zero-order chi connectivity index (χ0) is 13.0. The molecule has 5 heteroatoms. The van der Waals surface area contributed by atoms with Crippen molar-refractivity contribution in [1.82, 2.24) is 0 Å². The van der Waals surface area contributed by atoms with Crippen molar-refractivity contribution >= 4 is 11.9 Å². The van der Waals surface area contributed by atoms with Gasteiger partial charge in [0.25, 0.3) is 0 Å². The van der Waals surface area contributed by atoms with E-state index < -0.39 is 5.63 Å². The van der Waals surface area contributed by atoms with Crippen LogP contribution in [0.3, 0.4) is 0 Å². The van der Waals surface area contributed by atoms with Gasteiger partial charge in [-0.25, -0.2) is 4.79 Å². The Kier molecular flexibility index (Phi) is 3.43. The molecule has 0 saturated carbocycles. The number of carbonyl (C=O) groups is 1. The lowest BCUT2D eigenvalue weighted by molar-refractivity contribution is -0.114. The Bertz CT molecular complexity index is 619. The van der Waals surface area contributed by atoms with E-state index in [0.29, 0.717) is 5.76 Å². The van der Waals surface area contributed by atoms with Gasteiger partial charge in [0.15, 0.2) is 5.78 Å². The first-order valence-corrected chi connectivity index (χ1v) is 5.21. The van der Waals surface area contributed by atoms with Crippen molar-refractivity contribution in [2.24, 2.45) is 0 Å². The third kappa shape index (κ3) is 3.21. The molecule has 2 heterocycles. The minimum atomic E-state index is -0.687. The first-order chi connectivity index (χ1) is 8.63. The van der Waals surface area contributed by atoms with Crippen molar-refractivity contribution in [2.75, 3.05) is 0 Å². The molecule has 0 radical (unpaired) electrons. The molecule has 0 bridgehead atoms. The van der Waals surface area contributed by atoms with Gasteiger partial charge in [0.1, 0.15) is 17.3 Å². The van der Waals surface area contributed by atoms with Crippen LogP contribution in [0.4, 0.5) is 0 Å². The van der Waals surface area contributed by atoms with Gasteiger partial charge in [0, 0.05) is 6.07 Å². The molecule has 0 aromatic carbocycles. The molecule has 2 aromatic rings. The maximum Gasteiger partial charge on any atom is 0.339 e. The minimum absolute atomic E-state index is 0.0964. The average molecular weight is 246 g/mol. The summed E-state index contributed by atoms with van der Waals surface area (Å²) >= 11 is 0. The van der Waals surface area contributed by atoms with Gasteiger partial charge in [-0.2, -0.15) is 0 Å². The topological polar surface area (TPSA) is 80.6 Å². The number of aromatic hydroxyl groups is 1. The molecule has 2 aromatic heterocycles. The first-order valence-electron chi connectivity index (χ1n) is 5.21. The van der Waals surface area contributed by atoms with Gasteiger partial charge in [-0.15, -0.1) is 0 Å². The zero-order valence-corrected chi connectivity index (χ0v) is 9.33. The molecule has 18 heavy (non-hydrogen) atoms. The van der Waals surface area contributed by atoms with Gasteiger partial charge in [-0.1, -0.05) is 0 Å². The van der Waals surface area contributed by atoms with Crippen LogP contribution in [0.2, 0.25) is 0 Å². The Morgan fingerprint density at radius 2 is 2.22 bits per heavy atom. The van der Waals surface area contributed by atoms with E-state index in [4.69, 9.17) is 8.83 Å². The quantitative estimate of drug-likeness (QED) is 0.831. The van der Waals surface area contributed by atoms with E-state index in [0.717, 1.165) is 6.07 Å². The summed E-state index contributed by atoms with van der Waals surface area (Å²) in [7, 11) is 0. The van der Waals surface area contributed by atoms with Crippen molar-refractivity contribution in [3.63, 3.8) is 0 Å². The molecule has 5 nitrogen and oxygen atoms in total. The van der Waals surface area contributed by atoms with Crippen LogP contribution in [0.25, 0.3) is 6.08 Å². The van der Waals surface area contributed by atoms with Crippen LogP contribution in [0.15, 0.2) is 50.2 Å². The smallest absolute Gasteiger partial charge is 0.339 e. The van der Waals surface area contributed by atoms with Crippen LogP contribution in [0.1, 0.15) is 11.5 Å². The Labute approximate surface area is 102 Å². The van der Waals surface area contributed by atoms with Gasteiger partial charge in [-0.05, 0) is 24.3 Å². The maximum atomic E-state index is 11.6. The summed E-state index contributed by atoms with van der Waals surface area (Å²) in [5.41, 5.74) is -0.687. The highest BCUT2D eigenvalue weighted by Gasteiger charge is 2.05. The molecule has 92 valence electrons. The molecule has 0 atom stereocenters. The van der Waals surface area contributed by atoms with Crippen molar-refractivity contribution in [2.45, 2.75) is 6.42 Å². The molecule has 0 aliphatic carbocycles. The lowest BCUT2D eigenvalue weighted by atomic mass is 10.2. The van der Waals surface area contributed by atoms with Gasteiger partial charge in [0.2, 0.25) is 0 Å². The monoisotopic (exact) mass is 246 g/mol. The van der Waals surface area contributed by atoms with Gasteiger partial charge < -0.3 is 13.9 Å². The van der Waals surface area contributed by atoms with E-state index in [1.54, 1.807) is 12.1 Å². The van der Waals surface area contributed by atoms with Crippen LogP contribution >= 0.6 is 0 Å². The number of carbonyl (C=O) groups excluding carboxylic acids is 1. The fraction of sp³-hybridized carbons (Fsp3) is 0.0769. The van der Waals surface area contributed by atoms with Crippen molar-refractivity contribution in [3.05, 3.63) is 58.5 Å². The first kappa shape index (κ1) is 11.9.